The number of anilines is 2. The Kier molecular flexibility index (Phi) is 5.48. The van der Waals surface area contributed by atoms with Crippen LogP contribution in [0.2, 0.25) is 0 Å². The Bertz CT molecular complexity index is 825. The van der Waals surface area contributed by atoms with Gasteiger partial charge in [-0.1, -0.05) is 26.0 Å². The number of ether oxygens (including phenoxy) is 2. The van der Waals surface area contributed by atoms with Crippen molar-refractivity contribution >= 4 is 17.9 Å². The van der Waals surface area contributed by atoms with Crippen molar-refractivity contribution in [3.05, 3.63) is 41.6 Å². The molecule has 0 radical (unpaired) electrons. The minimum Gasteiger partial charge on any atom is -0.497 e. The van der Waals surface area contributed by atoms with Crippen molar-refractivity contribution < 1.29 is 14.3 Å². The predicted molar refractivity (Wildman–Crippen MR) is 104 cm³/mol. The highest BCUT2D eigenvalue weighted by Gasteiger charge is 2.37. The number of cyclic esters (lactones) is 1. The van der Waals surface area contributed by atoms with Gasteiger partial charge in [0.1, 0.15) is 18.2 Å². The van der Waals surface area contributed by atoms with Crippen molar-refractivity contribution in [3.63, 3.8) is 0 Å². The first-order chi connectivity index (χ1) is 12.9. The van der Waals surface area contributed by atoms with Gasteiger partial charge in [0.15, 0.2) is 0 Å². The summed E-state index contributed by atoms with van der Waals surface area (Å²) < 4.78 is 10.5. The van der Waals surface area contributed by atoms with Crippen molar-refractivity contribution in [1.82, 2.24) is 9.97 Å². The summed E-state index contributed by atoms with van der Waals surface area (Å²) in [5.41, 5.74) is 1.84. The summed E-state index contributed by atoms with van der Waals surface area (Å²) in [6, 6.07) is 9.59. The van der Waals surface area contributed by atoms with E-state index in [1.807, 2.05) is 44.2 Å². The molecule has 1 N–H and O–H groups in total. The molecule has 2 heterocycles. The summed E-state index contributed by atoms with van der Waals surface area (Å²) in [5, 5.41) is 3.32. The fourth-order valence-corrected chi connectivity index (χ4v) is 3.12. The van der Waals surface area contributed by atoms with Crippen LogP contribution in [0.1, 0.15) is 38.1 Å². The number of nitrogens with zero attached hydrogens (tertiary/aromatic N) is 3. The molecule has 2 unspecified atom stereocenters. The first-order valence-electron chi connectivity index (χ1n) is 9.11. The van der Waals surface area contributed by atoms with Crippen LogP contribution in [0.5, 0.6) is 5.75 Å². The number of aromatic nitrogens is 2. The lowest BCUT2D eigenvalue weighted by molar-refractivity contribution is 0.177. The molecule has 0 bridgehead atoms. The molecule has 0 saturated carbocycles. The molecular weight excluding hydrogens is 344 g/mol. The van der Waals surface area contributed by atoms with Crippen molar-refractivity contribution in [2.75, 3.05) is 23.9 Å². The second-order valence-corrected chi connectivity index (χ2v) is 7.09. The van der Waals surface area contributed by atoms with Gasteiger partial charge in [0, 0.05) is 11.8 Å². The van der Waals surface area contributed by atoms with Crippen LogP contribution >= 0.6 is 0 Å². The molecule has 0 spiro atoms. The lowest BCUT2D eigenvalue weighted by Gasteiger charge is -2.24. The van der Waals surface area contributed by atoms with E-state index in [2.05, 4.69) is 29.1 Å². The summed E-state index contributed by atoms with van der Waals surface area (Å²) in [7, 11) is 1.65. The van der Waals surface area contributed by atoms with E-state index in [9.17, 15) is 4.79 Å². The SMILES string of the molecule is COc1cccc(C(C)Nc2nc(C)cc(N3C(=O)OCC3C(C)C)n2)c1. The van der Waals surface area contributed by atoms with Crippen LogP contribution in [0, 0.1) is 12.8 Å². The number of hydrogen-bond acceptors (Lipinski definition) is 6. The van der Waals surface area contributed by atoms with E-state index >= 15 is 0 Å². The molecule has 2 atom stereocenters. The van der Waals surface area contributed by atoms with Crippen LogP contribution in [0.15, 0.2) is 30.3 Å². The van der Waals surface area contributed by atoms with Gasteiger partial charge in [0.05, 0.1) is 19.2 Å². The molecular formula is C20H26N4O3. The number of nitrogens with one attached hydrogen (secondary N) is 1. The number of aryl methyl sites for hydroxylation is 1. The fraction of sp³-hybridized carbons (Fsp3) is 0.450. The van der Waals surface area contributed by atoms with E-state index in [0.717, 1.165) is 17.0 Å². The second kappa shape index (κ2) is 7.82. The standard InChI is InChI=1S/C20H26N4O3/c1-12(2)17-11-27-20(25)24(17)18-9-13(3)21-19(23-18)22-14(4)15-7-6-8-16(10-15)26-5/h6-10,12,14,17H,11H2,1-5H3,(H,21,22,23). The zero-order chi connectivity index (χ0) is 19.6. The molecule has 7 heteroatoms. The lowest BCUT2D eigenvalue weighted by atomic mass is 10.0. The number of carbonyl (C=O) groups is 1. The second-order valence-electron chi connectivity index (χ2n) is 7.09. The maximum atomic E-state index is 12.2. The smallest absolute Gasteiger partial charge is 0.415 e. The van der Waals surface area contributed by atoms with Gasteiger partial charge in [0.2, 0.25) is 5.95 Å². The van der Waals surface area contributed by atoms with Crippen LogP contribution in [-0.2, 0) is 4.74 Å². The molecule has 1 aliphatic heterocycles. The molecule has 1 aromatic heterocycles. The average Bonchev–Trinajstić information content (AvgIpc) is 3.03. The molecule has 27 heavy (non-hydrogen) atoms. The van der Waals surface area contributed by atoms with Crippen LogP contribution in [-0.4, -0.2) is 35.8 Å². The van der Waals surface area contributed by atoms with Gasteiger partial charge >= 0.3 is 6.09 Å². The van der Waals surface area contributed by atoms with E-state index in [1.54, 1.807) is 12.0 Å². The maximum absolute atomic E-state index is 12.2. The molecule has 1 amide bonds. The third-order valence-electron chi connectivity index (χ3n) is 4.70. The highest BCUT2D eigenvalue weighted by atomic mass is 16.6. The Hall–Kier alpha value is -2.83. The summed E-state index contributed by atoms with van der Waals surface area (Å²) in [5.74, 6) is 2.09. The van der Waals surface area contributed by atoms with E-state index in [-0.39, 0.29) is 24.1 Å². The zero-order valence-corrected chi connectivity index (χ0v) is 16.4. The van der Waals surface area contributed by atoms with Gasteiger partial charge in [-0.15, -0.1) is 0 Å². The van der Waals surface area contributed by atoms with E-state index in [0.29, 0.717) is 18.4 Å². The summed E-state index contributed by atoms with van der Waals surface area (Å²) in [6.07, 6.45) is -0.362. The number of methoxy groups -OCH3 is 1. The number of rotatable bonds is 6. The Labute approximate surface area is 159 Å². The maximum Gasteiger partial charge on any atom is 0.415 e. The molecule has 1 aromatic carbocycles. The van der Waals surface area contributed by atoms with Gasteiger partial charge in [-0.05, 0) is 37.5 Å². The van der Waals surface area contributed by atoms with E-state index in [1.165, 1.54) is 0 Å². The fourth-order valence-electron chi connectivity index (χ4n) is 3.12. The molecule has 1 saturated heterocycles. The van der Waals surface area contributed by atoms with Gasteiger partial charge in [0.25, 0.3) is 0 Å². The third kappa shape index (κ3) is 4.13. The molecule has 1 aliphatic rings. The summed E-state index contributed by atoms with van der Waals surface area (Å²) in [4.78, 5) is 22.9. The Morgan fingerprint density at radius 1 is 1.26 bits per heavy atom. The lowest BCUT2D eigenvalue weighted by Crippen LogP contribution is -2.38. The van der Waals surface area contributed by atoms with Crippen LogP contribution in [0.3, 0.4) is 0 Å². The Morgan fingerprint density at radius 2 is 2.04 bits per heavy atom. The quantitative estimate of drug-likeness (QED) is 0.830. The van der Waals surface area contributed by atoms with Crippen LogP contribution < -0.4 is 15.0 Å². The average molecular weight is 370 g/mol. The Balaban J connectivity index is 1.86. The summed E-state index contributed by atoms with van der Waals surface area (Å²) in [6.45, 7) is 8.43. The van der Waals surface area contributed by atoms with Gasteiger partial charge in [-0.3, -0.25) is 4.90 Å². The molecule has 2 aromatic rings. The number of amides is 1. The first-order valence-corrected chi connectivity index (χ1v) is 9.11. The number of hydrogen-bond donors (Lipinski definition) is 1. The topological polar surface area (TPSA) is 76.6 Å². The van der Waals surface area contributed by atoms with E-state index < -0.39 is 0 Å². The van der Waals surface area contributed by atoms with Crippen molar-refractivity contribution in [2.24, 2.45) is 5.92 Å². The number of carbonyl (C=O) groups excluding carboxylic acids is 1. The molecule has 3 rings (SSSR count). The minimum absolute atomic E-state index is 0.0267. The normalized spacial score (nSPS) is 17.8. The highest BCUT2D eigenvalue weighted by Crippen LogP contribution is 2.28. The largest absolute Gasteiger partial charge is 0.497 e. The highest BCUT2D eigenvalue weighted by molar-refractivity contribution is 5.89. The van der Waals surface area contributed by atoms with E-state index in [4.69, 9.17) is 9.47 Å². The number of benzene rings is 1. The van der Waals surface area contributed by atoms with Gasteiger partial charge in [-0.25, -0.2) is 9.78 Å². The van der Waals surface area contributed by atoms with Crippen molar-refractivity contribution in [3.8, 4) is 5.75 Å². The van der Waals surface area contributed by atoms with Gasteiger partial charge in [-0.2, -0.15) is 4.98 Å². The van der Waals surface area contributed by atoms with Crippen LogP contribution in [0.25, 0.3) is 0 Å². The van der Waals surface area contributed by atoms with Crippen molar-refractivity contribution in [2.45, 2.75) is 39.8 Å². The minimum atomic E-state index is -0.362. The van der Waals surface area contributed by atoms with Crippen LogP contribution in [0.4, 0.5) is 16.6 Å². The zero-order valence-electron chi connectivity index (χ0n) is 16.4. The Morgan fingerprint density at radius 3 is 2.74 bits per heavy atom. The molecule has 144 valence electrons. The predicted octanol–water partition coefficient (Wildman–Crippen LogP) is 3.95. The monoisotopic (exact) mass is 370 g/mol. The first kappa shape index (κ1) is 18.9. The molecule has 1 fully saturated rings. The van der Waals surface area contributed by atoms with Gasteiger partial charge < -0.3 is 14.8 Å². The third-order valence-corrected chi connectivity index (χ3v) is 4.70. The molecule has 7 nitrogen and oxygen atoms in total. The van der Waals surface area contributed by atoms with Crippen molar-refractivity contribution in [1.29, 1.82) is 0 Å². The molecule has 0 aliphatic carbocycles. The summed E-state index contributed by atoms with van der Waals surface area (Å²) >= 11 is 0.